The fourth-order valence-electron chi connectivity index (χ4n) is 1.26. The molecule has 1 amide bonds. The summed E-state index contributed by atoms with van der Waals surface area (Å²) in [4.78, 5) is 11.5. The number of carbonyl (C=O) groups excluding carboxylic acids is 1. The average molecular weight is 261 g/mol. The van der Waals surface area contributed by atoms with Crippen molar-refractivity contribution in [1.29, 1.82) is 0 Å². The molecular formula is C12H14F3NO2. The van der Waals surface area contributed by atoms with Crippen molar-refractivity contribution in [1.82, 2.24) is 5.32 Å². The van der Waals surface area contributed by atoms with Crippen molar-refractivity contribution < 1.29 is 22.7 Å². The van der Waals surface area contributed by atoms with E-state index < -0.39 is 12.8 Å². The lowest BCUT2D eigenvalue weighted by Gasteiger charge is -2.08. The molecule has 0 aliphatic rings. The van der Waals surface area contributed by atoms with Gasteiger partial charge in [-0.05, 0) is 18.6 Å². The zero-order valence-corrected chi connectivity index (χ0v) is 9.67. The first kappa shape index (κ1) is 14.5. The van der Waals surface area contributed by atoms with Crippen LogP contribution < -0.4 is 5.32 Å². The predicted molar refractivity (Wildman–Crippen MR) is 60.3 cm³/mol. The number of carbonyl (C=O) groups is 1. The Morgan fingerprint density at radius 1 is 1.22 bits per heavy atom. The third kappa shape index (κ3) is 6.24. The molecule has 0 unspecified atom stereocenters. The third-order valence-corrected chi connectivity index (χ3v) is 2.05. The second kappa shape index (κ2) is 7.00. The van der Waals surface area contributed by atoms with E-state index in [4.69, 9.17) is 0 Å². The summed E-state index contributed by atoms with van der Waals surface area (Å²) >= 11 is 0. The Balaban J connectivity index is 2.10. The van der Waals surface area contributed by atoms with Gasteiger partial charge in [0.25, 0.3) is 5.91 Å². The Bertz CT molecular complexity index is 365. The quantitative estimate of drug-likeness (QED) is 0.798. The first-order valence-corrected chi connectivity index (χ1v) is 5.47. The molecule has 6 heteroatoms. The number of benzene rings is 1. The van der Waals surface area contributed by atoms with Gasteiger partial charge in [-0.2, -0.15) is 13.2 Å². The molecule has 0 spiro atoms. The van der Waals surface area contributed by atoms with Crippen molar-refractivity contribution in [3.63, 3.8) is 0 Å². The molecule has 18 heavy (non-hydrogen) atoms. The maximum atomic E-state index is 11.7. The molecular weight excluding hydrogens is 247 g/mol. The van der Waals surface area contributed by atoms with Crippen molar-refractivity contribution in [2.45, 2.75) is 12.6 Å². The Hall–Kier alpha value is -1.56. The maximum Gasteiger partial charge on any atom is 0.411 e. The van der Waals surface area contributed by atoms with Crippen LogP contribution in [0.4, 0.5) is 13.2 Å². The van der Waals surface area contributed by atoms with Crippen LogP contribution in [0.5, 0.6) is 0 Å². The smallest absolute Gasteiger partial charge is 0.372 e. The summed E-state index contributed by atoms with van der Waals surface area (Å²) in [6.07, 6.45) is -3.96. The van der Waals surface area contributed by atoms with E-state index in [-0.39, 0.29) is 19.1 Å². The van der Waals surface area contributed by atoms with Crippen LogP contribution in [-0.2, 0) is 4.74 Å². The number of rotatable bonds is 6. The summed E-state index contributed by atoms with van der Waals surface area (Å²) in [6, 6.07) is 8.59. The lowest BCUT2D eigenvalue weighted by Crippen LogP contribution is -2.25. The number of halogens is 3. The molecule has 0 aliphatic carbocycles. The number of ether oxygens (including phenoxy) is 1. The minimum absolute atomic E-state index is 0.0332. The summed E-state index contributed by atoms with van der Waals surface area (Å²) in [5.74, 6) is -0.244. The molecule has 0 bridgehead atoms. The van der Waals surface area contributed by atoms with Crippen molar-refractivity contribution in [2.24, 2.45) is 0 Å². The largest absolute Gasteiger partial charge is 0.411 e. The second-order valence-electron chi connectivity index (χ2n) is 3.64. The van der Waals surface area contributed by atoms with Crippen LogP contribution >= 0.6 is 0 Å². The van der Waals surface area contributed by atoms with Gasteiger partial charge in [0.15, 0.2) is 0 Å². The highest BCUT2D eigenvalue weighted by molar-refractivity contribution is 5.94. The highest BCUT2D eigenvalue weighted by atomic mass is 19.4. The van der Waals surface area contributed by atoms with Gasteiger partial charge in [-0.25, -0.2) is 0 Å². The number of alkyl halides is 3. The molecule has 0 fully saturated rings. The van der Waals surface area contributed by atoms with Gasteiger partial charge in [-0.15, -0.1) is 0 Å². The van der Waals surface area contributed by atoms with E-state index in [9.17, 15) is 18.0 Å². The third-order valence-electron chi connectivity index (χ3n) is 2.05. The summed E-state index contributed by atoms with van der Waals surface area (Å²) in [6.45, 7) is -1.00. The zero-order valence-electron chi connectivity index (χ0n) is 9.67. The first-order valence-electron chi connectivity index (χ1n) is 5.47. The summed E-state index contributed by atoms with van der Waals surface area (Å²) in [5, 5.41) is 2.60. The van der Waals surface area contributed by atoms with Gasteiger partial charge in [0.2, 0.25) is 0 Å². The SMILES string of the molecule is O=C(NCCCOCC(F)(F)F)c1ccccc1. The van der Waals surface area contributed by atoms with Gasteiger partial charge in [-0.3, -0.25) is 4.79 Å². The molecule has 0 atom stereocenters. The molecule has 0 saturated carbocycles. The van der Waals surface area contributed by atoms with Gasteiger partial charge < -0.3 is 10.1 Å². The van der Waals surface area contributed by atoms with Crippen LogP contribution in [0, 0.1) is 0 Å². The molecule has 1 aromatic carbocycles. The van der Waals surface area contributed by atoms with E-state index in [2.05, 4.69) is 10.1 Å². The molecule has 100 valence electrons. The van der Waals surface area contributed by atoms with Crippen molar-refractivity contribution in [2.75, 3.05) is 19.8 Å². The minimum atomic E-state index is -4.30. The van der Waals surface area contributed by atoms with Crippen LogP contribution in [-0.4, -0.2) is 31.8 Å². The zero-order chi connectivity index (χ0) is 13.4. The van der Waals surface area contributed by atoms with E-state index in [1.807, 2.05) is 0 Å². The monoisotopic (exact) mass is 261 g/mol. The minimum Gasteiger partial charge on any atom is -0.372 e. The number of nitrogens with one attached hydrogen (secondary N) is 1. The van der Waals surface area contributed by atoms with Crippen LogP contribution in [0.1, 0.15) is 16.8 Å². The fraction of sp³-hybridized carbons (Fsp3) is 0.417. The Morgan fingerprint density at radius 3 is 2.50 bits per heavy atom. The maximum absolute atomic E-state index is 11.7. The van der Waals surface area contributed by atoms with E-state index in [1.54, 1.807) is 30.3 Å². The van der Waals surface area contributed by atoms with Crippen LogP contribution in [0.15, 0.2) is 30.3 Å². The van der Waals surface area contributed by atoms with Crippen molar-refractivity contribution in [3.8, 4) is 0 Å². The number of amides is 1. The summed E-state index contributed by atoms with van der Waals surface area (Å²) in [7, 11) is 0. The predicted octanol–water partition coefficient (Wildman–Crippen LogP) is 2.39. The molecule has 0 aliphatic heterocycles. The summed E-state index contributed by atoms with van der Waals surface area (Å²) < 4.78 is 39.6. The highest BCUT2D eigenvalue weighted by Crippen LogP contribution is 2.14. The van der Waals surface area contributed by atoms with Crippen LogP contribution in [0.3, 0.4) is 0 Å². The molecule has 0 aromatic heterocycles. The molecule has 0 saturated heterocycles. The van der Waals surface area contributed by atoms with E-state index in [0.29, 0.717) is 12.0 Å². The normalized spacial score (nSPS) is 11.3. The molecule has 1 N–H and O–H groups in total. The van der Waals surface area contributed by atoms with Crippen LogP contribution in [0.2, 0.25) is 0 Å². The van der Waals surface area contributed by atoms with E-state index in [0.717, 1.165) is 0 Å². The van der Waals surface area contributed by atoms with E-state index in [1.165, 1.54) is 0 Å². The lowest BCUT2D eigenvalue weighted by molar-refractivity contribution is -0.173. The van der Waals surface area contributed by atoms with Gasteiger partial charge in [0.05, 0.1) is 0 Å². The van der Waals surface area contributed by atoms with Crippen molar-refractivity contribution >= 4 is 5.91 Å². The van der Waals surface area contributed by atoms with Crippen molar-refractivity contribution in [3.05, 3.63) is 35.9 Å². The first-order chi connectivity index (χ1) is 8.49. The molecule has 0 radical (unpaired) electrons. The average Bonchev–Trinajstić information content (AvgIpc) is 2.33. The Kier molecular flexibility index (Phi) is 5.64. The standard InChI is InChI=1S/C12H14F3NO2/c13-12(14,15)9-18-8-4-7-16-11(17)10-5-2-1-3-6-10/h1-3,5-6H,4,7-9H2,(H,16,17). The summed E-state index contributed by atoms with van der Waals surface area (Å²) in [5.41, 5.74) is 0.522. The Morgan fingerprint density at radius 2 is 1.89 bits per heavy atom. The van der Waals surface area contributed by atoms with Gasteiger partial charge in [-0.1, -0.05) is 18.2 Å². The van der Waals surface area contributed by atoms with Gasteiger partial charge in [0, 0.05) is 18.7 Å². The molecule has 0 heterocycles. The van der Waals surface area contributed by atoms with E-state index >= 15 is 0 Å². The second-order valence-corrected chi connectivity index (χ2v) is 3.64. The van der Waals surface area contributed by atoms with Gasteiger partial charge >= 0.3 is 6.18 Å². The molecule has 1 rings (SSSR count). The molecule has 3 nitrogen and oxygen atoms in total. The fourth-order valence-corrected chi connectivity index (χ4v) is 1.26. The van der Waals surface area contributed by atoms with Gasteiger partial charge in [0.1, 0.15) is 6.61 Å². The number of hydrogen-bond acceptors (Lipinski definition) is 2. The highest BCUT2D eigenvalue weighted by Gasteiger charge is 2.27. The topological polar surface area (TPSA) is 38.3 Å². The van der Waals surface area contributed by atoms with Crippen LogP contribution in [0.25, 0.3) is 0 Å². The molecule has 1 aromatic rings. The Labute approximate surface area is 103 Å². The lowest BCUT2D eigenvalue weighted by atomic mass is 10.2. The number of hydrogen-bond donors (Lipinski definition) is 1.